The lowest BCUT2D eigenvalue weighted by atomic mass is 9.96. The Morgan fingerprint density at radius 1 is 1.57 bits per heavy atom. The van der Waals surface area contributed by atoms with Gasteiger partial charge in [0, 0.05) is 32.0 Å². The molecule has 2 aromatic rings. The molecule has 23 heavy (non-hydrogen) atoms. The third-order valence-electron chi connectivity index (χ3n) is 4.00. The van der Waals surface area contributed by atoms with Crippen molar-refractivity contribution in [3.05, 3.63) is 53.3 Å². The summed E-state index contributed by atoms with van der Waals surface area (Å²) in [5, 5.41) is 16.0. The summed E-state index contributed by atoms with van der Waals surface area (Å²) >= 11 is 0. The number of aromatic nitrogens is 2. The number of hydrogen-bond donors (Lipinski definition) is 1. The zero-order valence-corrected chi connectivity index (χ0v) is 12.9. The number of rotatable bonds is 4. The van der Waals surface area contributed by atoms with Crippen molar-refractivity contribution in [2.24, 2.45) is 13.0 Å². The van der Waals surface area contributed by atoms with Crippen LogP contribution in [0.3, 0.4) is 0 Å². The molecule has 1 aromatic heterocycles. The quantitative estimate of drug-likeness (QED) is 0.932. The maximum atomic E-state index is 12.5. The Bertz CT molecular complexity index is 747. The SMILES string of the molecule is Cn1cc([C@H]2OCC[C@@H]2C(=O)NCc2cccc(C#N)c2)cn1. The molecule has 0 saturated carbocycles. The molecule has 1 fully saturated rings. The van der Waals surface area contributed by atoms with E-state index in [1.54, 1.807) is 23.0 Å². The molecule has 2 heterocycles. The number of nitrogens with zero attached hydrogens (tertiary/aromatic N) is 3. The van der Waals surface area contributed by atoms with Crippen molar-refractivity contribution >= 4 is 5.91 Å². The zero-order valence-electron chi connectivity index (χ0n) is 12.9. The van der Waals surface area contributed by atoms with Crippen LogP contribution in [0.25, 0.3) is 0 Å². The van der Waals surface area contributed by atoms with Gasteiger partial charge >= 0.3 is 0 Å². The fraction of sp³-hybridized carbons (Fsp3) is 0.353. The largest absolute Gasteiger partial charge is 0.373 e. The average Bonchev–Trinajstić information content (AvgIpc) is 3.21. The van der Waals surface area contributed by atoms with Gasteiger partial charge in [-0.2, -0.15) is 10.4 Å². The highest BCUT2D eigenvalue weighted by atomic mass is 16.5. The molecule has 1 aliphatic rings. The van der Waals surface area contributed by atoms with E-state index in [9.17, 15) is 4.79 Å². The molecule has 6 nitrogen and oxygen atoms in total. The van der Waals surface area contributed by atoms with Crippen LogP contribution in [0.5, 0.6) is 0 Å². The number of hydrogen-bond acceptors (Lipinski definition) is 4. The molecular weight excluding hydrogens is 292 g/mol. The third kappa shape index (κ3) is 3.41. The Labute approximate surface area is 134 Å². The lowest BCUT2D eigenvalue weighted by Crippen LogP contribution is -2.31. The number of amides is 1. The molecule has 3 rings (SSSR count). The summed E-state index contributed by atoms with van der Waals surface area (Å²) in [6, 6.07) is 9.34. The molecule has 0 bridgehead atoms. The lowest BCUT2D eigenvalue weighted by Gasteiger charge is -2.17. The summed E-state index contributed by atoms with van der Waals surface area (Å²) < 4.78 is 7.43. The number of ether oxygens (including phenoxy) is 1. The van der Waals surface area contributed by atoms with Crippen molar-refractivity contribution in [3.63, 3.8) is 0 Å². The van der Waals surface area contributed by atoms with Crippen LogP contribution < -0.4 is 5.32 Å². The monoisotopic (exact) mass is 310 g/mol. The predicted molar refractivity (Wildman–Crippen MR) is 83.0 cm³/mol. The topological polar surface area (TPSA) is 79.9 Å². The maximum Gasteiger partial charge on any atom is 0.226 e. The minimum Gasteiger partial charge on any atom is -0.373 e. The first kappa shape index (κ1) is 15.3. The minimum atomic E-state index is -0.242. The summed E-state index contributed by atoms with van der Waals surface area (Å²) in [5.41, 5.74) is 2.43. The summed E-state index contributed by atoms with van der Waals surface area (Å²) in [6.07, 6.45) is 4.08. The minimum absolute atomic E-state index is 0.0290. The molecule has 1 aromatic carbocycles. The van der Waals surface area contributed by atoms with Crippen LogP contribution in [-0.4, -0.2) is 22.3 Å². The number of benzene rings is 1. The maximum absolute atomic E-state index is 12.5. The van der Waals surface area contributed by atoms with Gasteiger partial charge in [-0.3, -0.25) is 9.48 Å². The van der Waals surface area contributed by atoms with Crippen molar-refractivity contribution in [1.29, 1.82) is 5.26 Å². The number of aryl methyl sites for hydroxylation is 1. The van der Waals surface area contributed by atoms with E-state index in [0.717, 1.165) is 11.1 Å². The summed E-state index contributed by atoms with van der Waals surface area (Å²) in [4.78, 5) is 12.5. The first-order valence-electron chi connectivity index (χ1n) is 7.54. The molecule has 0 unspecified atom stereocenters. The van der Waals surface area contributed by atoms with E-state index >= 15 is 0 Å². The molecule has 0 radical (unpaired) electrons. The number of nitriles is 1. The van der Waals surface area contributed by atoms with E-state index in [1.165, 1.54) is 0 Å². The van der Waals surface area contributed by atoms with E-state index in [1.807, 2.05) is 25.4 Å². The van der Waals surface area contributed by atoms with Gasteiger partial charge < -0.3 is 10.1 Å². The summed E-state index contributed by atoms with van der Waals surface area (Å²) in [6.45, 7) is 0.978. The summed E-state index contributed by atoms with van der Waals surface area (Å²) in [5.74, 6) is -0.239. The van der Waals surface area contributed by atoms with E-state index in [0.29, 0.717) is 25.1 Å². The van der Waals surface area contributed by atoms with Gasteiger partial charge in [-0.1, -0.05) is 12.1 Å². The third-order valence-corrected chi connectivity index (χ3v) is 4.00. The van der Waals surface area contributed by atoms with Gasteiger partial charge in [0.1, 0.15) is 0 Å². The van der Waals surface area contributed by atoms with Crippen LogP contribution in [-0.2, 0) is 23.1 Å². The molecule has 0 spiro atoms. The van der Waals surface area contributed by atoms with Crippen molar-refractivity contribution < 1.29 is 9.53 Å². The fourth-order valence-electron chi connectivity index (χ4n) is 2.84. The molecule has 1 N–H and O–H groups in total. The lowest BCUT2D eigenvalue weighted by molar-refractivity contribution is -0.126. The highest BCUT2D eigenvalue weighted by molar-refractivity contribution is 5.79. The van der Waals surface area contributed by atoms with Gasteiger partial charge in [-0.05, 0) is 24.1 Å². The molecule has 1 aliphatic heterocycles. The van der Waals surface area contributed by atoms with Gasteiger partial charge in [0.05, 0.1) is 29.9 Å². The van der Waals surface area contributed by atoms with E-state index in [4.69, 9.17) is 10.00 Å². The number of carbonyl (C=O) groups excluding carboxylic acids is 1. The second-order valence-electron chi connectivity index (χ2n) is 5.66. The van der Waals surface area contributed by atoms with Gasteiger partial charge in [-0.15, -0.1) is 0 Å². The van der Waals surface area contributed by atoms with Gasteiger partial charge in [0.15, 0.2) is 0 Å². The first-order valence-corrected chi connectivity index (χ1v) is 7.54. The molecule has 6 heteroatoms. The smallest absolute Gasteiger partial charge is 0.226 e. The van der Waals surface area contributed by atoms with E-state index in [2.05, 4.69) is 16.5 Å². The van der Waals surface area contributed by atoms with Crippen LogP contribution in [0.2, 0.25) is 0 Å². The summed E-state index contributed by atoms with van der Waals surface area (Å²) in [7, 11) is 1.84. The van der Waals surface area contributed by atoms with Crippen LogP contribution in [0.4, 0.5) is 0 Å². The highest BCUT2D eigenvalue weighted by Crippen LogP contribution is 2.34. The van der Waals surface area contributed by atoms with Crippen molar-refractivity contribution in [1.82, 2.24) is 15.1 Å². The van der Waals surface area contributed by atoms with E-state index in [-0.39, 0.29) is 17.9 Å². The van der Waals surface area contributed by atoms with Crippen molar-refractivity contribution in [2.75, 3.05) is 6.61 Å². The molecule has 1 saturated heterocycles. The van der Waals surface area contributed by atoms with E-state index < -0.39 is 0 Å². The molecule has 0 aliphatic carbocycles. The molecule has 118 valence electrons. The van der Waals surface area contributed by atoms with Crippen LogP contribution in [0.1, 0.15) is 29.2 Å². The second kappa shape index (κ2) is 6.63. The Balaban J connectivity index is 1.64. The number of nitrogens with one attached hydrogen (secondary N) is 1. The van der Waals surface area contributed by atoms with Crippen molar-refractivity contribution in [2.45, 2.75) is 19.1 Å². The Hall–Kier alpha value is -2.65. The van der Waals surface area contributed by atoms with Crippen LogP contribution in [0, 0.1) is 17.2 Å². The molecule has 2 atom stereocenters. The second-order valence-corrected chi connectivity index (χ2v) is 5.66. The van der Waals surface area contributed by atoms with Crippen molar-refractivity contribution in [3.8, 4) is 6.07 Å². The molecule has 1 amide bonds. The Kier molecular flexibility index (Phi) is 4.40. The first-order chi connectivity index (χ1) is 11.2. The van der Waals surface area contributed by atoms with Gasteiger partial charge in [0.25, 0.3) is 0 Å². The Morgan fingerprint density at radius 2 is 2.43 bits per heavy atom. The highest BCUT2D eigenvalue weighted by Gasteiger charge is 2.35. The fourth-order valence-corrected chi connectivity index (χ4v) is 2.84. The predicted octanol–water partition coefficient (Wildman–Crippen LogP) is 1.69. The average molecular weight is 310 g/mol. The van der Waals surface area contributed by atoms with Gasteiger partial charge in [0.2, 0.25) is 5.91 Å². The van der Waals surface area contributed by atoms with Crippen LogP contribution >= 0.6 is 0 Å². The van der Waals surface area contributed by atoms with Crippen LogP contribution in [0.15, 0.2) is 36.7 Å². The normalized spacial score (nSPS) is 20.2. The Morgan fingerprint density at radius 3 is 3.17 bits per heavy atom. The number of carbonyl (C=O) groups is 1. The molecular formula is C17H18N4O2. The zero-order chi connectivity index (χ0) is 16.2. The van der Waals surface area contributed by atoms with Gasteiger partial charge in [-0.25, -0.2) is 0 Å². The standard InChI is InChI=1S/C17H18N4O2/c1-21-11-14(10-20-21)16-15(5-6-23-16)17(22)19-9-13-4-2-3-12(7-13)8-18/h2-4,7,10-11,15-16H,5-6,9H2,1H3,(H,19,22)/t15-,16+/m0/s1.